The van der Waals surface area contributed by atoms with Crippen LogP contribution in [0, 0.1) is 5.92 Å². The van der Waals surface area contributed by atoms with E-state index >= 15 is 0 Å². The molecule has 3 aliphatic rings. The zero-order valence-corrected chi connectivity index (χ0v) is 10.8. The van der Waals surface area contributed by atoms with Gasteiger partial charge in [-0.3, -0.25) is 9.59 Å². The van der Waals surface area contributed by atoms with E-state index in [0.717, 1.165) is 12.8 Å². The highest BCUT2D eigenvalue weighted by molar-refractivity contribution is 5.81. The van der Waals surface area contributed by atoms with Crippen LogP contribution in [0.1, 0.15) is 25.7 Å². The van der Waals surface area contributed by atoms with Gasteiger partial charge in [-0.25, -0.2) is 0 Å². The molecule has 2 saturated heterocycles. The first-order chi connectivity index (χ1) is 8.66. The monoisotopic (exact) mass is 252 g/mol. The predicted octanol–water partition coefficient (Wildman–Crippen LogP) is 0.245. The van der Waals surface area contributed by atoms with Gasteiger partial charge in [0.2, 0.25) is 11.8 Å². The van der Waals surface area contributed by atoms with Crippen molar-refractivity contribution in [3.63, 3.8) is 0 Å². The third kappa shape index (κ3) is 1.90. The van der Waals surface area contributed by atoms with Crippen molar-refractivity contribution < 1.29 is 14.3 Å². The van der Waals surface area contributed by atoms with Crippen LogP contribution >= 0.6 is 0 Å². The standard InChI is InChI=1S/C13H20N2O3/c1-14-10-6-15(7-11(10)18-8-12(14)16)13(17)9-4-2-3-5-9/h9-11H,2-8H2,1H3/t10-,11-/m1/s1. The zero-order chi connectivity index (χ0) is 12.7. The fraction of sp³-hybridized carbons (Fsp3) is 0.846. The summed E-state index contributed by atoms with van der Waals surface area (Å²) < 4.78 is 5.54. The average molecular weight is 252 g/mol. The molecule has 5 nitrogen and oxygen atoms in total. The molecule has 2 heterocycles. The number of rotatable bonds is 1. The molecule has 0 aromatic heterocycles. The Balaban J connectivity index is 1.67. The smallest absolute Gasteiger partial charge is 0.248 e. The van der Waals surface area contributed by atoms with Gasteiger partial charge in [0, 0.05) is 26.1 Å². The summed E-state index contributed by atoms with van der Waals surface area (Å²) in [6, 6.07) is 0.0524. The lowest BCUT2D eigenvalue weighted by Gasteiger charge is -2.33. The summed E-state index contributed by atoms with van der Waals surface area (Å²) in [5.74, 6) is 0.504. The normalized spacial score (nSPS) is 33.1. The van der Waals surface area contributed by atoms with Gasteiger partial charge < -0.3 is 14.5 Å². The fourth-order valence-electron chi connectivity index (χ4n) is 3.37. The van der Waals surface area contributed by atoms with Crippen molar-refractivity contribution in [1.29, 1.82) is 0 Å². The molecule has 0 spiro atoms. The Morgan fingerprint density at radius 1 is 1.28 bits per heavy atom. The van der Waals surface area contributed by atoms with E-state index in [0.29, 0.717) is 13.1 Å². The van der Waals surface area contributed by atoms with Crippen LogP contribution in [0.25, 0.3) is 0 Å². The van der Waals surface area contributed by atoms with Crippen LogP contribution in [-0.2, 0) is 14.3 Å². The number of carbonyl (C=O) groups is 2. The van der Waals surface area contributed by atoms with Crippen molar-refractivity contribution in [2.75, 3.05) is 26.7 Å². The molecule has 2 amide bonds. The molecule has 1 aliphatic carbocycles. The molecule has 2 aliphatic heterocycles. The molecular formula is C13H20N2O3. The fourth-order valence-corrected chi connectivity index (χ4v) is 3.37. The number of amides is 2. The minimum Gasteiger partial charge on any atom is -0.364 e. The molecule has 100 valence electrons. The number of hydrogen-bond donors (Lipinski definition) is 0. The van der Waals surface area contributed by atoms with Crippen LogP contribution in [0.5, 0.6) is 0 Å². The van der Waals surface area contributed by atoms with Gasteiger partial charge in [-0.2, -0.15) is 0 Å². The topological polar surface area (TPSA) is 49.9 Å². The Hall–Kier alpha value is -1.10. The highest BCUT2D eigenvalue weighted by atomic mass is 16.5. The molecule has 0 unspecified atom stereocenters. The number of hydrogen-bond acceptors (Lipinski definition) is 3. The van der Waals surface area contributed by atoms with Crippen LogP contribution in [0.2, 0.25) is 0 Å². The van der Waals surface area contributed by atoms with Gasteiger partial charge >= 0.3 is 0 Å². The van der Waals surface area contributed by atoms with Crippen LogP contribution in [-0.4, -0.2) is 60.5 Å². The summed E-state index contributed by atoms with van der Waals surface area (Å²) in [6.07, 6.45) is 4.41. The summed E-state index contributed by atoms with van der Waals surface area (Å²) in [6.45, 7) is 1.45. The van der Waals surface area contributed by atoms with Gasteiger partial charge in [-0.05, 0) is 12.8 Å². The highest BCUT2D eigenvalue weighted by Crippen LogP contribution is 2.30. The predicted molar refractivity (Wildman–Crippen MR) is 64.8 cm³/mol. The Labute approximate surface area is 107 Å². The van der Waals surface area contributed by atoms with Crippen LogP contribution in [0.15, 0.2) is 0 Å². The summed E-state index contributed by atoms with van der Waals surface area (Å²) in [5, 5.41) is 0. The first-order valence-corrected chi connectivity index (χ1v) is 6.83. The number of carbonyl (C=O) groups excluding carboxylic acids is 2. The quantitative estimate of drug-likeness (QED) is 0.672. The first kappa shape index (κ1) is 12.0. The maximum atomic E-state index is 12.3. The summed E-state index contributed by atoms with van der Waals surface area (Å²) in [7, 11) is 1.81. The lowest BCUT2D eigenvalue weighted by Crippen LogP contribution is -2.51. The van der Waals surface area contributed by atoms with Crippen molar-refractivity contribution >= 4 is 11.8 Å². The molecule has 0 N–H and O–H groups in total. The maximum absolute atomic E-state index is 12.3. The minimum absolute atomic E-state index is 0.0121. The summed E-state index contributed by atoms with van der Waals surface area (Å²) in [5.41, 5.74) is 0. The maximum Gasteiger partial charge on any atom is 0.248 e. The van der Waals surface area contributed by atoms with Crippen LogP contribution in [0.3, 0.4) is 0 Å². The Morgan fingerprint density at radius 3 is 2.72 bits per heavy atom. The van der Waals surface area contributed by atoms with E-state index in [-0.39, 0.29) is 36.5 Å². The molecule has 0 aromatic rings. The van der Waals surface area contributed by atoms with Gasteiger partial charge in [0.15, 0.2) is 0 Å². The number of fused-ring (bicyclic) bond motifs is 1. The molecular weight excluding hydrogens is 232 g/mol. The Kier molecular flexibility index (Phi) is 3.01. The molecule has 18 heavy (non-hydrogen) atoms. The molecule has 5 heteroatoms. The molecule has 0 radical (unpaired) electrons. The number of likely N-dealkylation sites (N-methyl/N-ethyl adjacent to an activating group) is 1. The Bertz CT molecular complexity index is 365. The van der Waals surface area contributed by atoms with Gasteiger partial charge in [-0.15, -0.1) is 0 Å². The molecule has 0 bridgehead atoms. The second-order valence-electron chi connectivity index (χ2n) is 5.65. The second kappa shape index (κ2) is 4.53. The number of likely N-dealkylation sites (tertiary alicyclic amines) is 1. The van der Waals surface area contributed by atoms with Crippen molar-refractivity contribution in [2.45, 2.75) is 37.8 Å². The zero-order valence-electron chi connectivity index (χ0n) is 10.8. The van der Waals surface area contributed by atoms with Gasteiger partial charge in [-0.1, -0.05) is 12.8 Å². The molecule has 1 saturated carbocycles. The second-order valence-corrected chi connectivity index (χ2v) is 5.65. The van der Waals surface area contributed by atoms with E-state index in [2.05, 4.69) is 0 Å². The van der Waals surface area contributed by atoms with E-state index in [9.17, 15) is 9.59 Å². The van der Waals surface area contributed by atoms with Crippen LogP contribution in [0.4, 0.5) is 0 Å². The Morgan fingerprint density at radius 2 is 2.00 bits per heavy atom. The summed E-state index contributed by atoms with van der Waals surface area (Å²) in [4.78, 5) is 27.6. The third-order valence-electron chi connectivity index (χ3n) is 4.56. The lowest BCUT2D eigenvalue weighted by molar-refractivity contribution is -0.150. The van der Waals surface area contributed by atoms with E-state index in [1.54, 1.807) is 4.90 Å². The molecule has 3 fully saturated rings. The number of morpholine rings is 1. The van der Waals surface area contributed by atoms with Crippen molar-refractivity contribution in [2.24, 2.45) is 5.92 Å². The van der Waals surface area contributed by atoms with Crippen molar-refractivity contribution in [1.82, 2.24) is 9.80 Å². The van der Waals surface area contributed by atoms with Gasteiger partial charge in [0.05, 0.1) is 12.1 Å². The SMILES string of the molecule is CN1C(=O)CO[C@@H]2CN(C(=O)C3CCCC3)C[C@H]21. The summed E-state index contributed by atoms with van der Waals surface area (Å²) >= 11 is 0. The van der Waals surface area contributed by atoms with E-state index in [1.165, 1.54) is 12.8 Å². The van der Waals surface area contributed by atoms with E-state index in [1.807, 2.05) is 11.9 Å². The van der Waals surface area contributed by atoms with Gasteiger partial charge in [0.1, 0.15) is 6.61 Å². The number of ether oxygens (including phenoxy) is 1. The third-order valence-corrected chi connectivity index (χ3v) is 4.56. The van der Waals surface area contributed by atoms with Crippen molar-refractivity contribution in [3.05, 3.63) is 0 Å². The minimum atomic E-state index is 0.0121. The number of nitrogens with zero attached hydrogens (tertiary/aromatic N) is 2. The van der Waals surface area contributed by atoms with E-state index in [4.69, 9.17) is 4.74 Å². The van der Waals surface area contributed by atoms with Gasteiger partial charge in [0.25, 0.3) is 0 Å². The van der Waals surface area contributed by atoms with E-state index < -0.39 is 0 Å². The average Bonchev–Trinajstić information content (AvgIpc) is 3.01. The van der Waals surface area contributed by atoms with Crippen LogP contribution < -0.4 is 0 Å². The molecule has 3 rings (SSSR count). The molecule has 0 aromatic carbocycles. The lowest BCUT2D eigenvalue weighted by atomic mass is 10.1. The highest BCUT2D eigenvalue weighted by Gasteiger charge is 2.44. The van der Waals surface area contributed by atoms with Crippen molar-refractivity contribution in [3.8, 4) is 0 Å². The largest absolute Gasteiger partial charge is 0.364 e. The first-order valence-electron chi connectivity index (χ1n) is 6.83. The molecule has 2 atom stereocenters.